The van der Waals surface area contributed by atoms with Gasteiger partial charge in [-0.25, -0.2) is 0 Å². The third-order valence-electron chi connectivity index (χ3n) is 5.10. The molecule has 1 aliphatic carbocycles. The van der Waals surface area contributed by atoms with Gasteiger partial charge in [0.15, 0.2) is 0 Å². The molecule has 0 unspecified atom stereocenters. The highest BCUT2D eigenvalue weighted by atomic mass is 79.9. The average molecular weight is 368 g/mol. The van der Waals surface area contributed by atoms with E-state index >= 15 is 0 Å². The molecule has 0 bridgehead atoms. The number of halogens is 1. The molecule has 1 aromatic rings. The highest BCUT2D eigenvalue weighted by molar-refractivity contribution is 9.10. The molecule has 1 aromatic carbocycles. The largest absolute Gasteiger partial charge is 0.493 e. The van der Waals surface area contributed by atoms with Gasteiger partial charge in [0.1, 0.15) is 5.75 Å². The Balaban J connectivity index is 1.71. The lowest BCUT2D eigenvalue weighted by molar-refractivity contribution is 0.0487. The molecule has 3 nitrogen and oxygen atoms in total. The molecule has 0 aromatic heterocycles. The molecule has 1 heterocycles. The second-order valence-electron chi connectivity index (χ2n) is 7.16. The smallest absolute Gasteiger partial charge is 0.125 e. The zero-order valence-corrected chi connectivity index (χ0v) is 15.0. The zero-order chi connectivity index (χ0) is 15.7. The van der Waals surface area contributed by atoms with Crippen LogP contribution in [0.5, 0.6) is 5.75 Å². The van der Waals surface area contributed by atoms with Gasteiger partial charge in [-0.05, 0) is 43.7 Å². The summed E-state index contributed by atoms with van der Waals surface area (Å²) in [5.41, 5.74) is 1.34. The predicted octanol–water partition coefficient (Wildman–Crippen LogP) is 4.05. The Kier molecular flexibility index (Phi) is 4.81. The molecule has 0 amide bonds. The molecule has 2 aliphatic rings. The molecule has 22 heavy (non-hydrogen) atoms. The van der Waals surface area contributed by atoms with Crippen molar-refractivity contribution in [2.45, 2.75) is 51.7 Å². The van der Waals surface area contributed by atoms with Crippen LogP contribution in [-0.2, 0) is 0 Å². The molecular weight excluding hydrogens is 342 g/mol. The number of nitrogens with one attached hydrogen (secondary N) is 1. The third kappa shape index (κ3) is 3.34. The van der Waals surface area contributed by atoms with Gasteiger partial charge in [-0.3, -0.25) is 0 Å². The number of hydrogen-bond acceptors (Lipinski definition) is 3. The SMILES string of the molecule is CC(C)[C@@H](O)C1(CN[C@@H]2CCCOc3cc(Br)ccc32)CC1. The van der Waals surface area contributed by atoms with Crippen LogP contribution >= 0.6 is 15.9 Å². The maximum absolute atomic E-state index is 10.5. The fraction of sp³-hybridized carbons (Fsp3) is 0.667. The van der Waals surface area contributed by atoms with E-state index in [1.807, 2.05) is 0 Å². The van der Waals surface area contributed by atoms with Crippen LogP contribution in [-0.4, -0.2) is 24.4 Å². The normalized spacial score (nSPS) is 24.3. The van der Waals surface area contributed by atoms with Crippen molar-refractivity contribution in [2.24, 2.45) is 11.3 Å². The van der Waals surface area contributed by atoms with Crippen molar-refractivity contribution in [1.29, 1.82) is 0 Å². The Hall–Kier alpha value is -0.580. The zero-order valence-electron chi connectivity index (χ0n) is 13.4. The standard InChI is InChI=1S/C18H26BrNO2/c1-12(2)17(21)18(7-8-18)11-20-15-4-3-9-22-16-10-13(19)5-6-14(15)16/h5-6,10,12,15,17,20-21H,3-4,7-9,11H2,1-2H3/t15-,17-/m1/s1. The number of hydrogen-bond donors (Lipinski definition) is 2. The van der Waals surface area contributed by atoms with E-state index in [0.717, 1.165) is 49.1 Å². The monoisotopic (exact) mass is 367 g/mol. The second kappa shape index (κ2) is 6.50. The summed E-state index contributed by atoms with van der Waals surface area (Å²) in [4.78, 5) is 0. The van der Waals surface area contributed by atoms with Crippen molar-refractivity contribution in [3.05, 3.63) is 28.2 Å². The van der Waals surface area contributed by atoms with Crippen LogP contribution in [0.1, 0.15) is 51.1 Å². The van der Waals surface area contributed by atoms with Crippen LogP contribution in [0.15, 0.2) is 22.7 Å². The molecular formula is C18H26BrNO2. The van der Waals surface area contributed by atoms with Gasteiger partial charge in [0, 0.05) is 28.0 Å². The lowest BCUT2D eigenvalue weighted by Crippen LogP contribution is -2.37. The summed E-state index contributed by atoms with van der Waals surface area (Å²) in [6, 6.07) is 6.62. The maximum Gasteiger partial charge on any atom is 0.125 e. The number of benzene rings is 1. The van der Waals surface area contributed by atoms with E-state index in [1.165, 1.54) is 5.56 Å². The minimum absolute atomic E-state index is 0.0941. The summed E-state index contributed by atoms with van der Waals surface area (Å²) < 4.78 is 6.93. The average Bonchev–Trinajstić information content (AvgIpc) is 3.28. The summed E-state index contributed by atoms with van der Waals surface area (Å²) in [6.07, 6.45) is 4.21. The topological polar surface area (TPSA) is 41.5 Å². The van der Waals surface area contributed by atoms with Gasteiger partial charge in [0.25, 0.3) is 0 Å². The summed E-state index contributed by atoms with van der Waals surface area (Å²) in [6.45, 7) is 5.89. The summed E-state index contributed by atoms with van der Waals surface area (Å²) in [5.74, 6) is 1.31. The highest BCUT2D eigenvalue weighted by Crippen LogP contribution is 2.50. The Morgan fingerprint density at radius 1 is 1.41 bits per heavy atom. The Bertz CT molecular complexity index is 528. The fourth-order valence-electron chi connectivity index (χ4n) is 3.53. The maximum atomic E-state index is 10.5. The molecule has 0 radical (unpaired) electrons. The van der Waals surface area contributed by atoms with Crippen molar-refractivity contribution in [2.75, 3.05) is 13.2 Å². The number of aliphatic hydroxyl groups is 1. The highest BCUT2D eigenvalue weighted by Gasteiger charge is 2.49. The minimum Gasteiger partial charge on any atom is -0.493 e. The molecule has 0 spiro atoms. The second-order valence-corrected chi connectivity index (χ2v) is 8.07. The first-order chi connectivity index (χ1) is 10.5. The number of fused-ring (bicyclic) bond motifs is 1. The van der Waals surface area contributed by atoms with E-state index < -0.39 is 0 Å². The van der Waals surface area contributed by atoms with E-state index in [4.69, 9.17) is 4.74 Å². The van der Waals surface area contributed by atoms with Gasteiger partial charge in [-0.1, -0.05) is 35.8 Å². The van der Waals surface area contributed by atoms with Gasteiger partial charge in [0.05, 0.1) is 12.7 Å². The summed E-state index contributed by atoms with van der Waals surface area (Å²) >= 11 is 3.52. The summed E-state index contributed by atoms with van der Waals surface area (Å²) in [7, 11) is 0. The van der Waals surface area contributed by atoms with Crippen molar-refractivity contribution in [3.63, 3.8) is 0 Å². The van der Waals surface area contributed by atoms with Gasteiger partial charge >= 0.3 is 0 Å². The summed E-state index contributed by atoms with van der Waals surface area (Å²) in [5, 5.41) is 14.2. The van der Waals surface area contributed by atoms with Crippen LogP contribution in [0.4, 0.5) is 0 Å². The lowest BCUT2D eigenvalue weighted by atomic mass is 9.89. The molecule has 1 saturated carbocycles. The van der Waals surface area contributed by atoms with Gasteiger partial charge in [-0.2, -0.15) is 0 Å². The van der Waals surface area contributed by atoms with Crippen molar-refractivity contribution >= 4 is 15.9 Å². The Morgan fingerprint density at radius 3 is 2.86 bits per heavy atom. The van der Waals surface area contributed by atoms with Crippen molar-refractivity contribution < 1.29 is 9.84 Å². The Morgan fingerprint density at radius 2 is 2.18 bits per heavy atom. The molecule has 1 fully saturated rings. The third-order valence-corrected chi connectivity index (χ3v) is 5.59. The first-order valence-corrected chi connectivity index (χ1v) is 9.15. The number of rotatable bonds is 5. The minimum atomic E-state index is -0.202. The van der Waals surface area contributed by atoms with E-state index in [9.17, 15) is 5.11 Å². The fourth-order valence-corrected chi connectivity index (χ4v) is 3.87. The van der Waals surface area contributed by atoms with Gasteiger partial charge in [-0.15, -0.1) is 0 Å². The molecule has 0 saturated heterocycles. The number of ether oxygens (including phenoxy) is 1. The first-order valence-electron chi connectivity index (χ1n) is 8.35. The van der Waals surface area contributed by atoms with Crippen LogP contribution in [0.25, 0.3) is 0 Å². The Labute approximate surface area is 141 Å². The number of aliphatic hydroxyl groups excluding tert-OH is 1. The first kappa shape index (κ1) is 16.3. The van der Waals surface area contributed by atoms with Gasteiger partial charge < -0.3 is 15.2 Å². The van der Waals surface area contributed by atoms with Crippen molar-refractivity contribution in [3.8, 4) is 5.75 Å². The predicted molar refractivity (Wildman–Crippen MR) is 92.1 cm³/mol. The molecule has 3 rings (SSSR count). The van der Waals surface area contributed by atoms with E-state index in [2.05, 4.69) is 53.3 Å². The van der Waals surface area contributed by atoms with Crippen LogP contribution < -0.4 is 10.1 Å². The molecule has 2 N–H and O–H groups in total. The quantitative estimate of drug-likeness (QED) is 0.824. The molecule has 1 aliphatic heterocycles. The van der Waals surface area contributed by atoms with E-state index in [0.29, 0.717) is 12.0 Å². The lowest BCUT2D eigenvalue weighted by Gasteiger charge is -2.28. The van der Waals surface area contributed by atoms with Crippen LogP contribution in [0.2, 0.25) is 0 Å². The molecule has 4 heteroatoms. The van der Waals surface area contributed by atoms with E-state index in [-0.39, 0.29) is 11.5 Å². The molecule has 122 valence electrons. The van der Waals surface area contributed by atoms with Crippen LogP contribution in [0, 0.1) is 11.3 Å². The van der Waals surface area contributed by atoms with Crippen LogP contribution in [0.3, 0.4) is 0 Å². The molecule has 2 atom stereocenters. The van der Waals surface area contributed by atoms with Gasteiger partial charge in [0.2, 0.25) is 0 Å². The van der Waals surface area contributed by atoms with E-state index in [1.54, 1.807) is 0 Å². The van der Waals surface area contributed by atoms with Crippen molar-refractivity contribution in [1.82, 2.24) is 5.32 Å².